The van der Waals surface area contributed by atoms with Gasteiger partial charge in [0.15, 0.2) is 0 Å². The average molecular weight is 250 g/mol. The molecule has 0 bridgehead atoms. The second kappa shape index (κ2) is 4.21. The Morgan fingerprint density at radius 3 is 2.71 bits per heavy atom. The number of hydrogen-bond donors (Lipinski definition) is 1. The van der Waals surface area contributed by atoms with Gasteiger partial charge >= 0.3 is 0 Å². The Balaban J connectivity index is 1.81. The third-order valence-electron chi connectivity index (χ3n) is 4.38. The zero-order valence-corrected chi connectivity index (χ0v) is 10.7. The fourth-order valence-corrected chi connectivity index (χ4v) is 5.13. The van der Waals surface area contributed by atoms with Crippen LogP contribution in [0.1, 0.15) is 32.1 Å². The van der Waals surface area contributed by atoms with Crippen LogP contribution in [0.5, 0.6) is 0 Å². The summed E-state index contributed by atoms with van der Waals surface area (Å²) < 4.78 is 12.4. The zero-order valence-electron chi connectivity index (χ0n) is 9.84. The number of aliphatic hydroxyl groups is 1. The van der Waals surface area contributed by atoms with Crippen LogP contribution in [-0.2, 0) is 10.8 Å². The predicted octanol–water partition coefficient (Wildman–Crippen LogP) is 2.49. The molecule has 0 amide bonds. The summed E-state index contributed by atoms with van der Waals surface area (Å²) in [6.07, 6.45) is 5.17. The van der Waals surface area contributed by atoms with E-state index >= 15 is 0 Å². The normalized spacial score (nSPS) is 37.9. The molecule has 2 aliphatic carbocycles. The van der Waals surface area contributed by atoms with Gasteiger partial charge in [-0.2, -0.15) is 0 Å². The Hall–Kier alpha value is -0.670. The maximum Gasteiger partial charge on any atom is 0.0822 e. The van der Waals surface area contributed by atoms with E-state index in [1.165, 1.54) is 6.42 Å². The van der Waals surface area contributed by atoms with Crippen molar-refractivity contribution < 1.29 is 9.32 Å². The van der Waals surface area contributed by atoms with E-state index in [0.717, 1.165) is 30.6 Å². The minimum absolute atomic E-state index is 0.0461. The van der Waals surface area contributed by atoms with Crippen molar-refractivity contribution in [1.82, 2.24) is 0 Å². The van der Waals surface area contributed by atoms with Crippen LogP contribution in [-0.4, -0.2) is 20.2 Å². The number of hydrogen-bond acceptors (Lipinski definition) is 2. The molecular weight excluding hydrogens is 232 g/mol. The van der Waals surface area contributed by atoms with Gasteiger partial charge in [0.25, 0.3) is 0 Å². The SMILES string of the molecule is O=[S@@](c1ccccc1)[C@@H]1C[C@@H]2CCCC[C@@]21O. The maximum atomic E-state index is 12.4. The number of benzene rings is 1. The second-order valence-corrected chi connectivity index (χ2v) is 6.90. The summed E-state index contributed by atoms with van der Waals surface area (Å²) >= 11 is 0. The number of fused-ring (bicyclic) bond motifs is 1. The minimum Gasteiger partial charge on any atom is -0.388 e. The molecule has 0 radical (unpaired) electrons. The first-order valence-electron chi connectivity index (χ1n) is 6.40. The molecule has 0 spiro atoms. The van der Waals surface area contributed by atoms with Crippen LogP contribution in [0.3, 0.4) is 0 Å². The van der Waals surface area contributed by atoms with E-state index in [2.05, 4.69) is 0 Å². The average Bonchev–Trinajstić information content (AvgIpc) is 2.36. The lowest BCUT2D eigenvalue weighted by atomic mass is 9.61. The molecule has 2 saturated carbocycles. The molecule has 1 aromatic carbocycles. The lowest BCUT2D eigenvalue weighted by Crippen LogP contribution is -2.62. The van der Waals surface area contributed by atoms with Gasteiger partial charge in [-0.3, -0.25) is 4.21 Å². The summed E-state index contributed by atoms with van der Waals surface area (Å²) in [6, 6.07) is 9.55. The van der Waals surface area contributed by atoms with E-state index in [1.54, 1.807) is 0 Å². The van der Waals surface area contributed by atoms with Crippen molar-refractivity contribution in [2.24, 2.45) is 5.92 Å². The lowest BCUT2D eigenvalue weighted by Gasteiger charge is -2.54. The highest BCUT2D eigenvalue weighted by Crippen LogP contribution is 2.51. The van der Waals surface area contributed by atoms with Gasteiger partial charge in [-0.15, -0.1) is 0 Å². The summed E-state index contributed by atoms with van der Waals surface area (Å²) in [5.41, 5.74) is -0.640. The maximum absolute atomic E-state index is 12.4. The first-order valence-corrected chi connectivity index (χ1v) is 7.61. The monoisotopic (exact) mass is 250 g/mol. The van der Waals surface area contributed by atoms with Gasteiger partial charge in [0.05, 0.1) is 21.7 Å². The van der Waals surface area contributed by atoms with Gasteiger partial charge in [-0.1, -0.05) is 31.0 Å². The Bertz CT molecular complexity index is 431. The smallest absolute Gasteiger partial charge is 0.0822 e. The molecule has 0 heterocycles. The molecule has 0 aliphatic heterocycles. The largest absolute Gasteiger partial charge is 0.388 e. The third kappa shape index (κ3) is 1.76. The van der Waals surface area contributed by atoms with Crippen molar-refractivity contribution in [3.05, 3.63) is 30.3 Å². The van der Waals surface area contributed by atoms with Gasteiger partial charge in [0.1, 0.15) is 0 Å². The highest BCUT2D eigenvalue weighted by molar-refractivity contribution is 7.85. The van der Waals surface area contributed by atoms with Crippen molar-refractivity contribution in [2.75, 3.05) is 0 Å². The topological polar surface area (TPSA) is 37.3 Å². The molecular formula is C14H18O2S. The Morgan fingerprint density at radius 1 is 1.24 bits per heavy atom. The van der Waals surface area contributed by atoms with E-state index in [1.807, 2.05) is 30.3 Å². The first-order chi connectivity index (χ1) is 8.22. The van der Waals surface area contributed by atoms with Crippen LogP contribution in [0.4, 0.5) is 0 Å². The quantitative estimate of drug-likeness (QED) is 0.875. The summed E-state index contributed by atoms with van der Waals surface area (Å²) in [5, 5.41) is 10.6. The van der Waals surface area contributed by atoms with Gasteiger partial charge in [-0.25, -0.2) is 0 Å². The Kier molecular flexibility index (Phi) is 2.83. The minimum atomic E-state index is -1.05. The van der Waals surface area contributed by atoms with E-state index < -0.39 is 16.4 Å². The van der Waals surface area contributed by atoms with Crippen molar-refractivity contribution in [1.29, 1.82) is 0 Å². The van der Waals surface area contributed by atoms with E-state index in [4.69, 9.17) is 0 Å². The molecule has 3 rings (SSSR count). The summed E-state index contributed by atoms with van der Waals surface area (Å²) in [7, 11) is -1.05. The first kappa shape index (κ1) is 11.4. The molecule has 2 aliphatic rings. The lowest BCUT2D eigenvalue weighted by molar-refractivity contribution is -0.113. The van der Waals surface area contributed by atoms with Crippen molar-refractivity contribution >= 4 is 10.8 Å². The summed E-state index contributed by atoms with van der Waals surface area (Å²) in [6.45, 7) is 0. The fraction of sp³-hybridized carbons (Fsp3) is 0.571. The number of rotatable bonds is 2. The fourth-order valence-electron chi connectivity index (χ4n) is 3.29. The highest BCUT2D eigenvalue weighted by atomic mass is 32.2. The molecule has 1 N–H and O–H groups in total. The molecule has 2 fully saturated rings. The van der Waals surface area contributed by atoms with Crippen molar-refractivity contribution in [3.63, 3.8) is 0 Å². The molecule has 17 heavy (non-hydrogen) atoms. The van der Waals surface area contributed by atoms with Crippen LogP contribution in [0.25, 0.3) is 0 Å². The highest BCUT2D eigenvalue weighted by Gasteiger charge is 2.57. The molecule has 0 saturated heterocycles. The zero-order chi connectivity index (χ0) is 11.9. The molecule has 1 aromatic rings. The molecule has 2 nitrogen and oxygen atoms in total. The Labute approximate surface area is 105 Å². The van der Waals surface area contributed by atoms with Crippen molar-refractivity contribution in [2.45, 2.75) is 47.9 Å². The van der Waals surface area contributed by atoms with Gasteiger partial charge in [0.2, 0.25) is 0 Å². The standard InChI is InChI=1S/C14H18O2S/c15-14-9-5-4-6-11(14)10-13(14)17(16)12-7-2-1-3-8-12/h1-3,7-8,11,13,15H,4-6,9-10H2/t11-,13+,14+,17-/m0/s1. The van der Waals surface area contributed by atoms with Crippen LogP contribution in [0.2, 0.25) is 0 Å². The van der Waals surface area contributed by atoms with E-state index in [0.29, 0.717) is 5.92 Å². The Morgan fingerprint density at radius 2 is 2.00 bits per heavy atom. The molecule has 0 aromatic heterocycles. The second-order valence-electron chi connectivity index (χ2n) is 5.27. The van der Waals surface area contributed by atoms with E-state index in [9.17, 15) is 9.32 Å². The van der Waals surface area contributed by atoms with Gasteiger partial charge in [-0.05, 0) is 37.3 Å². The van der Waals surface area contributed by atoms with Crippen molar-refractivity contribution in [3.8, 4) is 0 Å². The predicted molar refractivity (Wildman–Crippen MR) is 68.2 cm³/mol. The molecule has 4 atom stereocenters. The molecule has 0 unspecified atom stereocenters. The van der Waals surface area contributed by atoms with Crippen LogP contribution in [0, 0.1) is 5.92 Å². The molecule has 3 heteroatoms. The van der Waals surface area contributed by atoms with Gasteiger partial charge in [0, 0.05) is 4.90 Å². The third-order valence-corrected chi connectivity index (χ3v) is 6.23. The van der Waals surface area contributed by atoms with E-state index in [-0.39, 0.29) is 5.25 Å². The van der Waals surface area contributed by atoms with Crippen LogP contribution < -0.4 is 0 Å². The summed E-state index contributed by atoms with van der Waals surface area (Å²) in [4.78, 5) is 0.856. The summed E-state index contributed by atoms with van der Waals surface area (Å²) in [5.74, 6) is 0.397. The molecule has 92 valence electrons. The van der Waals surface area contributed by atoms with Crippen LogP contribution >= 0.6 is 0 Å². The van der Waals surface area contributed by atoms with Gasteiger partial charge < -0.3 is 5.11 Å². The van der Waals surface area contributed by atoms with Crippen LogP contribution in [0.15, 0.2) is 35.2 Å².